The van der Waals surface area contributed by atoms with E-state index >= 15 is 0 Å². The van der Waals surface area contributed by atoms with E-state index in [2.05, 4.69) is 16.9 Å². The van der Waals surface area contributed by atoms with Crippen LogP contribution in [0.5, 0.6) is 0 Å². The molecule has 1 rings (SSSR count). The fourth-order valence-electron chi connectivity index (χ4n) is 1.39. The Hall–Kier alpha value is -1.32. The van der Waals surface area contributed by atoms with Gasteiger partial charge in [0, 0.05) is 6.42 Å². The first-order chi connectivity index (χ1) is 6.81. The van der Waals surface area contributed by atoms with Crippen molar-refractivity contribution in [1.82, 2.24) is 9.97 Å². The van der Waals surface area contributed by atoms with Crippen LogP contribution in [0.2, 0.25) is 0 Å². The molecular weight excluding hydrogens is 180 g/mol. The summed E-state index contributed by atoms with van der Waals surface area (Å²) in [6.07, 6.45) is 2.86. The lowest BCUT2D eigenvalue weighted by molar-refractivity contribution is -0.129. The molecule has 0 aliphatic rings. The third-order valence-corrected chi connectivity index (χ3v) is 2.03. The molecule has 78 valence electrons. The van der Waals surface area contributed by atoms with Crippen LogP contribution in [0.25, 0.3) is 0 Å². The van der Waals surface area contributed by atoms with Gasteiger partial charge in [-0.1, -0.05) is 13.8 Å². The van der Waals surface area contributed by atoms with E-state index < -0.39 is 0 Å². The minimum absolute atomic E-state index is 0.295. The molecule has 0 aliphatic carbocycles. The predicted octanol–water partition coefficient (Wildman–Crippen LogP) is 1.60. The summed E-state index contributed by atoms with van der Waals surface area (Å²) in [5, 5.41) is 0. The van der Waals surface area contributed by atoms with Gasteiger partial charge >= 0.3 is 0 Å². The van der Waals surface area contributed by atoms with Crippen LogP contribution in [-0.2, 0) is 29.0 Å². The molecule has 0 radical (unpaired) electrons. The number of hydrogen-bond acceptors (Lipinski definition) is 3. The van der Waals surface area contributed by atoms with Crippen LogP contribution in [0.1, 0.15) is 37.5 Å². The zero-order valence-corrected chi connectivity index (χ0v) is 8.67. The second kappa shape index (κ2) is 5.42. The smallest absolute Gasteiger partial charge is 0.293 e. The van der Waals surface area contributed by atoms with Crippen molar-refractivity contribution in [2.45, 2.75) is 39.7 Å². The summed E-state index contributed by atoms with van der Waals surface area (Å²) in [6, 6.07) is 0. The molecule has 0 bridgehead atoms. The number of H-pyrrole nitrogens is 1. The van der Waals surface area contributed by atoms with Crippen molar-refractivity contribution in [2.75, 3.05) is 0 Å². The molecule has 0 unspecified atom stereocenters. The molecule has 1 aromatic rings. The monoisotopic (exact) mass is 196 g/mol. The van der Waals surface area contributed by atoms with E-state index in [4.69, 9.17) is 4.74 Å². The third-order valence-electron chi connectivity index (χ3n) is 2.03. The zero-order chi connectivity index (χ0) is 10.4. The second-order valence-corrected chi connectivity index (χ2v) is 3.12. The molecule has 0 saturated carbocycles. The van der Waals surface area contributed by atoms with E-state index in [1.807, 2.05) is 6.92 Å². The van der Waals surface area contributed by atoms with Gasteiger partial charge in [0.25, 0.3) is 6.47 Å². The minimum atomic E-state index is 0.295. The lowest BCUT2D eigenvalue weighted by Gasteiger charge is -1.97. The Kier molecular flexibility index (Phi) is 4.16. The van der Waals surface area contributed by atoms with Gasteiger partial charge in [0.2, 0.25) is 0 Å². The highest BCUT2D eigenvalue weighted by molar-refractivity contribution is 5.37. The van der Waals surface area contributed by atoms with Crippen LogP contribution >= 0.6 is 0 Å². The zero-order valence-electron chi connectivity index (χ0n) is 8.67. The first kappa shape index (κ1) is 10.8. The van der Waals surface area contributed by atoms with Crippen molar-refractivity contribution in [3.05, 3.63) is 17.2 Å². The minimum Gasteiger partial charge on any atom is -0.461 e. The number of aromatic nitrogens is 2. The molecule has 4 heteroatoms. The number of aromatic amines is 1. The van der Waals surface area contributed by atoms with Gasteiger partial charge in [-0.05, 0) is 12.8 Å². The molecule has 0 aliphatic heterocycles. The fraction of sp³-hybridized carbons (Fsp3) is 0.600. The Morgan fingerprint density at radius 2 is 2.29 bits per heavy atom. The maximum absolute atomic E-state index is 10.1. The Morgan fingerprint density at radius 1 is 1.50 bits per heavy atom. The molecule has 1 aromatic heterocycles. The van der Waals surface area contributed by atoms with Crippen molar-refractivity contribution in [3.8, 4) is 0 Å². The lowest BCUT2D eigenvalue weighted by Crippen LogP contribution is -1.95. The Labute approximate surface area is 83.7 Å². The van der Waals surface area contributed by atoms with E-state index in [1.54, 1.807) is 0 Å². The van der Waals surface area contributed by atoms with Crippen molar-refractivity contribution in [2.24, 2.45) is 0 Å². The maximum Gasteiger partial charge on any atom is 0.293 e. The van der Waals surface area contributed by atoms with Gasteiger partial charge in [0.15, 0.2) is 0 Å². The fourth-order valence-corrected chi connectivity index (χ4v) is 1.39. The number of aryl methyl sites for hydroxylation is 2. The summed E-state index contributed by atoms with van der Waals surface area (Å²) in [4.78, 5) is 17.6. The van der Waals surface area contributed by atoms with Gasteiger partial charge in [-0.25, -0.2) is 4.98 Å². The number of imidazole rings is 1. The van der Waals surface area contributed by atoms with E-state index in [1.165, 1.54) is 0 Å². The number of ether oxygens (including phenoxy) is 1. The second-order valence-electron chi connectivity index (χ2n) is 3.12. The number of hydrogen-bond donors (Lipinski definition) is 1. The van der Waals surface area contributed by atoms with E-state index in [-0.39, 0.29) is 0 Å². The Bertz CT molecular complexity index is 294. The van der Waals surface area contributed by atoms with E-state index in [9.17, 15) is 4.79 Å². The molecule has 1 N–H and O–H groups in total. The molecule has 0 amide bonds. The van der Waals surface area contributed by atoms with Crippen LogP contribution < -0.4 is 0 Å². The average molecular weight is 196 g/mol. The Balaban J connectivity index is 2.73. The van der Waals surface area contributed by atoms with Crippen molar-refractivity contribution >= 4 is 6.47 Å². The maximum atomic E-state index is 10.1. The molecule has 4 nitrogen and oxygen atoms in total. The summed E-state index contributed by atoms with van der Waals surface area (Å²) in [6.45, 7) is 4.90. The van der Waals surface area contributed by atoms with Gasteiger partial charge < -0.3 is 9.72 Å². The normalized spacial score (nSPS) is 10.1. The summed E-state index contributed by atoms with van der Waals surface area (Å²) >= 11 is 0. The molecular formula is C10H16N2O2. The average Bonchev–Trinajstić information content (AvgIpc) is 2.58. The van der Waals surface area contributed by atoms with Crippen molar-refractivity contribution < 1.29 is 9.53 Å². The number of nitrogens with zero attached hydrogens (tertiary/aromatic N) is 1. The summed E-state index contributed by atoms with van der Waals surface area (Å²) in [7, 11) is 0. The summed E-state index contributed by atoms with van der Waals surface area (Å²) in [5.74, 6) is 0.980. The van der Waals surface area contributed by atoms with Gasteiger partial charge in [-0.3, -0.25) is 4.79 Å². The highest BCUT2D eigenvalue weighted by atomic mass is 16.5. The molecule has 0 aromatic carbocycles. The molecule has 0 saturated heterocycles. The standard InChI is InChI=1S/C10H16N2O2/c1-3-5-10-11-8(4-2)9(12-10)6-14-7-13/h7H,3-6H2,1-2H3,(H,11,12). The van der Waals surface area contributed by atoms with Gasteiger partial charge in [0.1, 0.15) is 12.4 Å². The van der Waals surface area contributed by atoms with Crippen LogP contribution in [0.4, 0.5) is 0 Å². The molecule has 14 heavy (non-hydrogen) atoms. The van der Waals surface area contributed by atoms with Crippen LogP contribution in [-0.4, -0.2) is 16.4 Å². The highest BCUT2D eigenvalue weighted by Crippen LogP contribution is 2.09. The van der Waals surface area contributed by atoms with Crippen LogP contribution in [0.3, 0.4) is 0 Å². The van der Waals surface area contributed by atoms with E-state index in [0.717, 1.165) is 36.5 Å². The van der Waals surface area contributed by atoms with Crippen molar-refractivity contribution in [3.63, 3.8) is 0 Å². The topological polar surface area (TPSA) is 55.0 Å². The number of carbonyl (C=O) groups excluding carboxylic acids is 1. The predicted molar refractivity (Wildman–Crippen MR) is 52.8 cm³/mol. The molecule has 0 fully saturated rings. The third kappa shape index (κ3) is 2.58. The first-order valence-electron chi connectivity index (χ1n) is 4.93. The SMILES string of the molecule is CCCc1nc(CC)c(COC=O)[nH]1. The highest BCUT2D eigenvalue weighted by Gasteiger charge is 2.07. The van der Waals surface area contributed by atoms with Crippen LogP contribution in [0, 0.1) is 0 Å². The quantitative estimate of drug-likeness (QED) is 0.703. The number of nitrogens with one attached hydrogen (secondary N) is 1. The summed E-state index contributed by atoms with van der Waals surface area (Å²) < 4.78 is 4.70. The number of rotatable bonds is 6. The molecule has 0 atom stereocenters. The van der Waals surface area contributed by atoms with Gasteiger partial charge in [-0.15, -0.1) is 0 Å². The Morgan fingerprint density at radius 3 is 2.86 bits per heavy atom. The van der Waals surface area contributed by atoms with E-state index in [0.29, 0.717) is 13.1 Å². The molecule has 0 spiro atoms. The first-order valence-corrected chi connectivity index (χ1v) is 4.93. The van der Waals surface area contributed by atoms with Gasteiger partial charge in [0.05, 0.1) is 11.4 Å². The van der Waals surface area contributed by atoms with Crippen LogP contribution in [0.15, 0.2) is 0 Å². The summed E-state index contributed by atoms with van der Waals surface area (Å²) in [5.41, 5.74) is 1.92. The lowest BCUT2D eigenvalue weighted by atomic mass is 10.3. The molecule has 1 heterocycles. The van der Waals surface area contributed by atoms with Gasteiger partial charge in [-0.2, -0.15) is 0 Å². The largest absolute Gasteiger partial charge is 0.461 e. The number of carbonyl (C=O) groups is 1. The van der Waals surface area contributed by atoms with Crippen molar-refractivity contribution in [1.29, 1.82) is 0 Å².